The number of carbonyl (C=O) groups is 2. The van der Waals surface area contributed by atoms with Gasteiger partial charge in [-0.05, 0) is 57.3 Å². The van der Waals surface area contributed by atoms with Gasteiger partial charge in [0.25, 0.3) is 11.8 Å². The van der Waals surface area contributed by atoms with Crippen LogP contribution in [0, 0.1) is 27.7 Å². The lowest BCUT2D eigenvalue weighted by Gasteiger charge is -2.17. The van der Waals surface area contributed by atoms with E-state index in [2.05, 4.69) is 20.8 Å². The third kappa shape index (κ3) is 3.19. The van der Waals surface area contributed by atoms with Crippen molar-refractivity contribution in [2.45, 2.75) is 54.0 Å². The van der Waals surface area contributed by atoms with Gasteiger partial charge in [0.2, 0.25) is 5.88 Å². The van der Waals surface area contributed by atoms with E-state index in [1.54, 1.807) is 0 Å². The summed E-state index contributed by atoms with van der Waals surface area (Å²) in [6.45, 7) is 11.1. The molecule has 4 heterocycles. The fourth-order valence-electron chi connectivity index (χ4n) is 4.21. The van der Waals surface area contributed by atoms with Gasteiger partial charge in [0.15, 0.2) is 0 Å². The Labute approximate surface area is 179 Å². The van der Waals surface area contributed by atoms with E-state index >= 15 is 0 Å². The molecule has 0 fully saturated rings. The Balaban J connectivity index is 1.49. The summed E-state index contributed by atoms with van der Waals surface area (Å²) >= 11 is 1.29. The Kier molecular flexibility index (Phi) is 5.36. The number of amides is 2. The van der Waals surface area contributed by atoms with Crippen LogP contribution < -0.4 is 4.74 Å². The molecule has 2 amide bonds. The predicted molar refractivity (Wildman–Crippen MR) is 117 cm³/mol. The summed E-state index contributed by atoms with van der Waals surface area (Å²) in [4.78, 5) is 32.6. The molecule has 0 unspecified atom stereocenters. The molecule has 0 saturated heterocycles. The van der Waals surface area contributed by atoms with Crippen LogP contribution >= 0.6 is 11.5 Å². The second-order valence-electron chi connectivity index (χ2n) is 7.78. The van der Waals surface area contributed by atoms with Crippen molar-refractivity contribution in [3.8, 4) is 5.88 Å². The van der Waals surface area contributed by atoms with Gasteiger partial charge in [0.05, 0.1) is 23.1 Å². The maximum absolute atomic E-state index is 13.0. The lowest BCUT2D eigenvalue weighted by molar-refractivity contribution is 0.0628. The summed E-state index contributed by atoms with van der Waals surface area (Å²) in [6, 6.07) is 1.99. The molecule has 0 saturated carbocycles. The van der Waals surface area contributed by atoms with Gasteiger partial charge in [-0.25, -0.2) is 4.98 Å². The summed E-state index contributed by atoms with van der Waals surface area (Å²) in [6.07, 6.45) is 2.08. The number of rotatable bonds is 7. The molecule has 0 aliphatic carbocycles. The Morgan fingerprint density at radius 2 is 1.70 bits per heavy atom. The van der Waals surface area contributed by atoms with Crippen LogP contribution in [-0.4, -0.2) is 43.8 Å². The van der Waals surface area contributed by atoms with Gasteiger partial charge in [-0.2, -0.15) is 4.37 Å². The molecule has 1 aliphatic rings. The number of carbonyl (C=O) groups excluding carboxylic acids is 2. The Morgan fingerprint density at radius 1 is 1.03 bits per heavy atom. The van der Waals surface area contributed by atoms with Gasteiger partial charge in [0.1, 0.15) is 11.4 Å². The Morgan fingerprint density at radius 3 is 2.33 bits per heavy atom. The van der Waals surface area contributed by atoms with Gasteiger partial charge < -0.3 is 9.30 Å². The van der Waals surface area contributed by atoms with Crippen LogP contribution in [0.3, 0.4) is 0 Å². The minimum absolute atomic E-state index is 0.192. The lowest BCUT2D eigenvalue weighted by atomic mass is 10.1. The van der Waals surface area contributed by atoms with E-state index in [9.17, 15) is 9.59 Å². The van der Waals surface area contributed by atoms with Crippen molar-refractivity contribution in [3.63, 3.8) is 0 Å². The van der Waals surface area contributed by atoms with Gasteiger partial charge >= 0.3 is 0 Å². The smallest absolute Gasteiger partial charge is 0.263 e. The van der Waals surface area contributed by atoms with Crippen LogP contribution in [0.2, 0.25) is 0 Å². The molecule has 0 radical (unpaired) electrons. The minimum Gasteiger partial charge on any atom is -0.475 e. The molecule has 0 N–H and O–H groups in total. The van der Waals surface area contributed by atoms with E-state index in [1.807, 2.05) is 33.8 Å². The van der Waals surface area contributed by atoms with Crippen LogP contribution in [0.1, 0.15) is 63.1 Å². The molecule has 8 heteroatoms. The second kappa shape index (κ2) is 7.83. The van der Waals surface area contributed by atoms with E-state index in [0.29, 0.717) is 17.0 Å². The molecule has 0 spiro atoms. The van der Waals surface area contributed by atoms with Gasteiger partial charge in [-0.15, -0.1) is 0 Å². The van der Waals surface area contributed by atoms with Crippen LogP contribution in [0.4, 0.5) is 0 Å². The zero-order chi connectivity index (χ0) is 21.6. The van der Waals surface area contributed by atoms with E-state index in [1.165, 1.54) is 16.4 Å². The number of aryl methyl sites for hydroxylation is 2. The zero-order valence-corrected chi connectivity index (χ0v) is 18.9. The molecule has 0 aromatic carbocycles. The van der Waals surface area contributed by atoms with Crippen LogP contribution in [0.5, 0.6) is 5.88 Å². The quantitative estimate of drug-likeness (QED) is 0.529. The fourth-order valence-corrected chi connectivity index (χ4v) is 5.05. The highest BCUT2D eigenvalue weighted by Crippen LogP contribution is 2.33. The number of ether oxygens (including phenoxy) is 1. The Bertz CT molecular complexity index is 1120. The molecule has 158 valence electrons. The van der Waals surface area contributed by atoms with Crippen molar-refractivity contribution in [3.05, 3.63) is 39.8 Å². The molecule has 7 nitrogen and oxygen atoms in total. The van der Waals surface area contributed by atoms with Gasteiger partial charge in [-0.1, -0.05) is 13.3 Å². The number of unbranched alkanes of at least 4 members (excludes halogenated alkanes) is 1. The number of fused-ring (bicyclic) bond motifs is 2. The molecule has 30 heavy (non-hydrogen) atoms. The molecule has 3 aromatic heterocycles. The number of nitrogens with zero attached hydrogens (tertiary/aromatic N) is 4. The second-order valence-corrected chi connectivity index (χ2v) is 8.54. The largest absolute Gasteiger partial charge is 0.475 e. The van der Waals surface area contributed by atoms with Crippen molar-refractivity contribution in [2.75, 3.05) is 13.2 Å². The summed E-state index contributed by atoms with van der Waals surface area (Å²) in [5, 5.41) is 0.894. The first kappa shape index (κ1) is 20.5. The average Bonchev–Trinajstić information content (AvgIpc) is 3.29. The van der Waals surface area contributed by atoms with Crippen LogP contribution in [0.15, 0.2) is 6.07 Å². The number of hydrogen-bond acceptors (Lipinski definition) is 6. The SMILES string of the molecule is CCCCn1c(C)c2c(c1C)C(=O)N(CCOc1nsc3nc(C)cc(C)c13)C2=O. The molecular weight excluding hydrogens is 400 g/mol. The molecule has 3 aromatic rings. The normalized spacial score (nSPS) is 13.6. The molecule has 0 atom stereocenters. The van der Waals surface area contributed by atoms with E-state index in [4.69, 9.17) is 4.74 Å². The van der Waals surface area contributed by atoms with E-state index in [-0.39, 0.29) is 25.0 Å². The maximum Gasteiger partial charge on any atom is 0.263 e. The van der Waals surface area contributed by atoms with Crippen molar-refractivity contribution < 1.29 is 14.3 Å². The highest BCUT2D eigenvalue weighted by atomic mass is 32.1. The first-order valence-corrected chi connectivity index (χ1v) is 11.0. The molecular formula is C22H26N4O3S. The highest BCUT2D eigenvalue weighted by molar-refractivity contribution is 7.13. The Hall–Kier alpha value is -2.74. The zero-order valence-electron chi connectivity index (χ0n) is 18.0. The summed E-state index contributed by atoms with van der Waals surface area (Å²) in [5.41, 5.74) is 4.83. The molecule has 4 rings (SSSR count). The van der Waals surface area contributed by atoms with Crippen LogP contribution in [0.25, 0.3) is 10.2 Å². The van der Waals surface area contributed by atoms with E-state index in [0.717, 1.165) is 52.2 Å². The summed E-state index contributed by atoms with van der Waals surface area (Å²) in [7, 11) is 0. The standard InChI is InChI=1S/C22H26N4O3S/c1-6-7-8-25-14(4)17-18(15(25)5)22(28)26(21(17)27)9-10-29-19-16-12(2)11-13(3)23-20(16)30-24-19/h11H,6-10H2,1-5H3. The van der Waals surface area contributed by atoms with Crippen LogP contribution in [-0.2, 0) is 6.54 Å². The summed E-state index contributed by atoms with van der Waals surface area (Å²) in [5.74, 6) is 0.0490. The lowest BCUT2D eigenvalue weighted by Crippen LogP contribution is -2.34. The number of imide groups is 1. The van der Waals surface area contributed by atoms with E-state index < -0.39 is 0 Å². The average molecular weight is 427 g/mol. The predicted octanol–water partition coefficient (Wildman–Crippen LogP) is 4.20. The third-order valence-electron chi connectivity index (χ3n) is 5.73. The fraction of sp³-hybridized carbons (Fsp3) is 0.455. The third-order valence-corrected chi connectivity index (χ3v) is 6.46. The molecule has 0 bridgehead atoms. The highest BCUT2D eigenvalue weighted by Gasteiger charge is 2.40. The van der Waals surface area contributed by atoms with Gasteiger partial charge in [0, 0.05) is 23.6 Å². The maximum atomic E-state index is 13.0. The van der Waals surface area contributed by atoms with Gasteiger partial charge in [-0.3, -0.25) is 14.5 Å². The van der Waals surface area contributed by atoms with Crippen molar-refractivity contribution in [1.29, 1.82) is 0 Å². The van der Waals surface area contributed by atoms with Crippen molar-refractivity contribution in [2.24, 2.45) is 0 Å². The molecule has 1 aliphatic heterocycles. The first-order chi connectivity index (χ1) is 14.3. The monoisotopic (exact) mass is 426 g/mol. The minimum atomic E-state index is -0.231. The van der Waals surface area contributed by atoms with Crippen molar-refractivity contribution >= 4 is 33.6 Å². The number of hydrogen-bond donors (Lipinski definition) is 0. The number of pyridine rings is 1. The summed E-state index contributed by atoms with van der Waals surface area (Å²) < 4.78 is 12.3. The van der Waals surface area contributed by atoms with Crippen molar-refractivity contribution in [1.82, 2.24) is 18.8 Å². The topological polar surface area (TPSA) is 77.3 Å². The first-order valence-electron chi connectivity index (χ1n) is 10.3. The number of aromatic nitrogens is 3.